The SMILES string of the molecule is Cc1cn(-c2ccc(F)cc2)nc1C(=O)N1CCC[C@H]1C(=O)O. The van der Waals surface area contributed by atoms with Crippen molar-refractivity contribution in [3.63, 3.8) is 0 Å². The maximum atomic E-state index is 13.0. The van der Waals surface area contributed by atoms with E-state index < -0.39 is 12.0 Å². The molecule has 1 aromatic heterocycles. The Kier molecular flexibility index (Phi) is 3.85. The van der Waals surface area contributed by atoms with Crippen LogP contribution in [0.2, 0.25) is 0 Å². The van der Waals surface area contributed by atoms with E-state index in [1.54, 1.807) is 25.3 Å². The number of benzene rings is 1. The van der Waals surface area contributed by atoms with E-state index >= 15 is 0 Å². The molecule has 0 saturated carbocycles. The predicted molar refractivity (Wildman–Crippen MR) is 80.0 cm³/mol. The van der Waals surface area contributed by atoms with Crippen molar-refractivity contribution in [3.05, 3.63) is 47.5 Å². The number of carboxylic acid groups (broad SMARTS) is 1. The number of nitrogens with zero attached hydrogens (tertiary/aromatic N) is 3. The van der Waals surface area contributed by atoms with Crippen LogP contribution in [-0.2, 0) is 4.79 Å². The summed E-state index contributed by atoms with van der Waals surface area (Å²) in [6.45, 7) is 2.16. The van der Waals surface area contributed by atoms with Gasteiger partial charge in [0, 0.05) is 18.3 Å². The Hall–Kier alpha value is -2.70. The van der Waals surface area contributed by atoms with E-state index in [4.69, 9.17) is 0 Å². The van der Waals surface area contributed by atoms with Gasteiger partial charge >= 0.3 is 5.97 Å². The number of amides is 1. The summed E-state index contributed by atoms with van der Waals surface area (Å²) < 4.78 is 14.5. The van der Waals surface area contributed by atoms with Gasteiger partial charge in [-0.2, -0.15) is 5.10 Å². The van der Waals surface area contributed by atoms with Gasteiger partial charge in [-0.25, -0.2) is 13.9 Å². The van der Waals surface area contributed by atoms with Gasteiger partial charge in [-0.3, -0.25) is 4.79 Å². The third-order valence-electron chi connectivity index (χ3n) is 3.99. The Morgan fingerprint density at radius 2 is 2.00 bits per heavy atom. The lowest BCUT2D eigenvalue weighted by Gasteiger charge is -2.20. The summed E-state index contributed by atoms with van der Waals surface area (Å²) in [5, 5.41) is 13.5. The summed E-state index contributed by atoms with van der Waals surface area (Å²) >= 11 is 0. The van der Waals surface area contributed by atoms with Crippen LogP contribution in [0.25, 0.3) is 5.69 Å². The van der Waals surface area contributed by atoms with E-state index in [2.05, 4.69) is 5.10 Å². The first-order chi connectivity index (χ1) is 11.0. The fourth-order valence-electron chi connectivity index (χ4n) is 2.80. The Balaban J connectivity index is 1.90. The van der Waals surface area contributed by atoms with Crippen LogP contribution in [0, 0.1) is 12.7 Å². The van der Waals surface area contributed by atoms with Gasteiger partial charge in [0.05, 0.1) is 5.69 Å². The molecule has 1 aromatic carbocycles. The molecule has 1 saturated heterocycles. The molecule has 2 heterocycles. The number of aliphatic carboxylic acids is 1. The normalized spacial score (nSPS) is 17.5. The molecule has 0 spiro atoms. The topological polar surface area (TPSA) is 75.4 Å². The number of carboxylic acids is 1. The molecule has 1 aliphatic heterocycles. The molecule has 0 unspecified atom stereocenters. The molecule has 0 aliphatic carbocycles. The Bertz CT molecular complexity index is 754. The van der Waals surface area contributed by atoms with Crippen molar-refractivity contribution in [2.24, 2.45) is 0 Å². The van der Waals surface area contributed by atoms with Crippen molar-refractivity contribution >= 4 is 11.9 Å². The second-order valence-electron chi connectivity index (χ2n) is 5.58. The van der Waals surface area contributed by atoms with Crippen molar-refractivity contribution < 1.29 is 19.1 Å². The highest BCUT2D eigenvalue weighted by atomic mass is 19.1. The maximum Gasteiger partial charge on any atom is 0.326 e. The molecule has 1 atom stereocenters. The molecule has 3 rings (SSSR count). The number of carbonyl (C=O) groups is 2. The number of carbonyl (C=O) groups excluding carboxylic acids is 1. The van der Waals surface area contributed by atoms with Crippen molar-refractivity contribution in [2.75, 3.05) is 6.54 Å². The van der Waals surface area contributed by atoms with Crippen LogP contribution in [0.15, 0.2) is 30.5 Å². The Morgan fingerprint density at radius 1 is 1.30 bits per heavy atom. The van der Waals surface area contributed by atoms with Gasteiger partial charge in [0.2, 0.25) is 0 Å². The lowest BCUT2D eigenvalue weighted by molar-refractivity contribution is -0.141. The zero-order chi connectivity index (χ0) is 16.6. The van der Waals surface area contributed by atoms with Crippen LogP contribution in [0.5, 0.6) is 0 Å². The molecule has 7 heteroatoms. The summed E-state index contributed by atoms with van der Waals surface area (Å²) in [6, 6.07) is 4.96. The Morgan fingerprint density at radius 3 is 2.65 bits per heavy atom. The summed E-state index contributed by atoms with van der Waals surface area (Å²) in [5.74, 6) is -1.73. The molecule has 1 aliphatic rings. The van der Waals surface area contributed by atoms with Crippen LogP contribution in [0.3, 0.4) is 0 Å². The van der Waals surface area contributed by atoms with E-state index in [1.165, 1.54) is 21.7 Å². The molecule has 1 amide bonds. The number of rotatable bonds is 3. The number of likely N-dealkylation sites (tertiary alicyclic amines) is 1. The standard InChI is InChI=1S/C16H16FN3O3/c1-10-9-20(12-6-4-11(17)5-7-12)18-14(10)15(21)19-8-2-3-13(19)16(22)23/h4-7,9,13H,2-3,8H2,1H3,(H,22,23)/t13-/m0/s1. The summed E-state index contributed by atoms with van der Waals surface area (Å²) in [7, 11) is 0. The minimum absolute atomic E-state index is 0.225. The Labute approximate surface area is 132 Å². The molecule has 120 valence electrons. The minimum Gasteiger partial charge on any atom is -0.480 e. The average Bonchev–Trinajstić information content (AvgIpc) is 3.14. The number of aryl methyl sites for hydroxylation is 1. The fraction of sp³-hybridized carbons (Fsp3) is 0.312. The van der Waals surface area contributed by atoms with Gasteiger partial charge in [0.15, 0.2) is 5.69 Å². The highest BCUT2D eigenvalue weighted by Crippen LogP contribution is 2.22. The molecule has 23 heavy (non-hydrogen) atoms. The van der Waals surface area contributed by atoms with Gasteiger partial charge in [0.25, 0.3) is 5.91 Å². The van der Waals surface area contributed by atoms with Crippen LogP contribution in [0.1, 0.15) is 28.9 Å². The van der Waals surface area contributed by atoms with Gasteiger partial charge in [-0.1, -0.05) is 0 Å². The maximum absolute atomic E-state index is 13.0. The zero-order valence-electron chi connectivity index (χ0n) is 12.6. The van der Waals surface area contributed by atoms with Gasteiger partial charge in [-0.05, 0) is 44.0 Å². The van der Waals surface area contributed by atoms with Crippen LogP contribution < -0.4 is 0 Å². The van der Waals surface area contributed by atoms with Crippen molar-refractivity contribution in [3.8, 4) is 5.69 Å². The molecule has 6 nitrogen and oxygen atoms in total. The molecule has 0 bridgehead atoms. The van der Waals surface area contributed by atoms with E-state index in [0.29, 0.717) is 30.6 Å². The van der Waals surface area contributed by atoms with E-state index in [9.17, 15) is 19.1 Å². The third-order valence-corrected chi connectivity index (χ3v) is 3.99. The second-order valence-corrected chi connectivity index (χ2v) is 5.58. The molecule has 2 aromatic rings. The van der Waals surface area contributed by atoms with E-state index in [1.807, 2.05) is 0 Å². The number of hydrogen-bond acceptors (Lipinski definition) is 3. The minimum atomic E-state index is -0.994. The number of halogens is 1. The van der Waals surface area contributed by atoms with Crippen molar-refractivity contribution in [1.29, 1.82) is 0 Å². The summed E-state index contributed by atoms with van der Waals surface area (Å²) in [6.07, 6.45) is 2.80. The summed E-state index contributed by atoms with van der Waals surface area (Å²) in [4.78, 5) is 25.2. The van der Waals surface area contributed by atoms with Gasteiger partial charge < -0.3 is 10.0 Å². The lowest BCUT2D eigenvalue weighted by atomic mass is 10.2. The first kappa shape index (κ1) is 15.2. The monoisotopic (exact) mass is 317 g/mol. The number of aromatic nitrogens is 2. The quantitative estimate of drug-likeness (QED) is 0.939. The van der Waals surface area contributed by atoms with Crippen LogP contribution >= 0.6 is 0 Å². The highest BCUT2D eigenvalue weighted by molar-refractivity contribution is 5.96. The first-order valence-corrected chi connectivity index (χ1v) is 7.33. The molecular formula is C16H16FN3O3. The number of hydrogen-bond donors (Lipinski definition) is 1. The molecule has 1 N–H and O–H groups in total. The molecule has 0 radical (unpaired) electrons. The fourth-order valence-corrected chi connectivity index (χ4v) is 2.80. The molecule has 1 fully saturated rings. The van der Waals surface area contributed by atoms with Crippen LogP contribution in [-0.4, -0.2) is 44.3 Å². The van der Waals surface area contributed by atoms with Gasteiger partial charge in [0.1, 0.15) is 11.9 Å². The smallest absolute Gasteiger partial charge is 0.326 e. The zero-order valence-corrected chi connectivity index (χ0v) is 12.6. The summed E-state index contributed by atoms with van der Waals surface area (Å²) in [5.41, 5.74) is 1.50. The van der Waals surface area contributed by atoms with E-state index in [-0.39, 0.29) is 17.4 Å². The van der Waals surface area contributed by atoms with Crippen LogP contribution in [0.4, 0.5) is 4.39 Å². The largest absolute Gasteiger partial charge is 0.480 e. The van der Waals surface area contributed by atoms with E-state index in [0.717, 1.165) is 0 Å². The molecular weight excluding hydrogens is 301 g/mol. The highest BCUT2D eigenvalue weighted by Gasteiger charge is 2.35. The van der Waals surface area contributed by atoms with Crippen molar-refractivity contribution in [1.82, 2.24) is 14.7 Å². The lowest BCUT2D eigenvalue weighted by Crippen LogP contribution is -2.40. The average molecular weight is 317 g/mol. The van der Waals surface area contributed by atoms with Gasteiger partial charge in [-0.15, -0.1) is 0 Å². The third kappa shape index (κ3) is 2.81. The first-order valence-electron chi connectivity index (χ1n) is 7.33. The predicted octanol–water partition coefficient (Wildman–Crippen LogP) is 2.01. The van der Waals surface area contributed by atoms with Crippen molar-refractivity contribution in [2.45, 2.75) is 25.8 Å². The second kappa shape index (κ2) is 5.83.